The number of hydrogen-bond donors (Lipinski definition) is 1. The number of amides is 2. The number of methoxy groups -OCH3 is 1. The van der Waals surface area contributed by atoms with Crippen LogP contribution in [0, 0.1) is 5.92 Å². The molecular formula is C11H18N2O3S. The molecule has 1 aliphatic carbocycles. The fourth-order valence-electron chi connectivity index (χ4n) is 1.83. The first kappa shape index (κ1) is 14.0. The zero-order valence-electron chi connectivity index (χ0n) is 10.2. The minimum absolute atomic E-state index is 0.0401. The van der Waals surface area contributed by atoms with E-state index < -0.39 is 6.09 Å². The molecule has 1 aliphatic rings. The van der Waals surface area contributed by atoms with E-state index in [1.54, 1.807) is 6.26 Å². The molecule has 0 spiro atoms. The maximum Gasteiger partial charge on any atom is 0.435 e. The van der Waals surface area contributed by atoms with Crippen LogP contribution in [0.1, 0.15) is 32.1 Å². The van der Waals surface area contributed by atoms with Crippen molar-refractivity contribution < 1.29 is 14.3 Å². The van der Waals surface area contributed by atoms with Gasteiger partial charge in [0, 0.05) is 5.92 Å². The van der Waals surface area contributed by atoms with E-state index in [2.05, 4.69) is 15.0 Å². The second-order valence-corrected chi connectivity index (χ2v) is 4.71. The number of hydrogen-bond acceptors (Lipinski definition) is 4. The molecule has 0 aliphatic heterocycles. The lowest BCUT2D eigenvalue weighted by molar-refractivity contribution is -0.124. The SMILES string of the molecule is COC(=O)N=C(NC(=O)C1CCCCC1)SC. The van der Waals surface area contributed by atoms with Gasteiger partial charge in [-0.15, -0.1) is 0 Å². The van der Waals surface area contributed by atoms with Crippen LogP contribution in [0.15, 0.2) is 4.99 Å². The summed E-state index contributed by atoms with van der Waals surface area (Å²) in [7, 11) is 1.26. The highest BCUT2D eigenvalue weighted by atomic mass is 32.2. The van der Waals surface area contributed by atoms with Crippen molar-refractivity contribution >= 4 is 28.9 Å². The van der Waals surface area contributed by atoms with Gasteiger partial charge in [-0.2, -0.15) is 4.99 Å². The first-order valence-corrected chi connectivity index (χ1v) is 6.91. The van der Waals surface area contributed by atoms with Crippen LogP contribution in [0.25, 0.3) is 0 Å². The van der Waals surface area contributed by atoms with Gasteiger partial charge in [-0.1, -0.05) is 31.0 Å². The van der Waals surface area contributed by atoms with Crippen LogP contribution in [0.2, 0.25) is 0 Å². The molecule has 1 fully saturated rings. The highest BCUT2D eigenvalue weighted by molar-refractivity contribution is 8.13. The Morgan fingerprint density at radius 1 is 1.29 bits per heavy atom. The molecule has 0 unspecified atom stereocenters. The summed E-state index contributed by atoms with van der Waals surface area (Å²) in [6.45, 7) is 0. The van der Waals surface area contributed by atoms with Crippen molar-refractivity contribution in [1.82, 2.24) is 5.32 Å². The average Bonchev–Trinajstić information content (AvgIpc) is 2.38. The summed E-state index contributed by atoms with van der Waals surface area (Å²) in [5, 5.41) is 2.97. The summed E-state index contributed by atoms with van der Waals surface area (Å²) in [5.41, 5.74) is 0. The van der Waals surface area contributed by atoms with Gasteiger partial charge < -0.3 is 10.1 Å². The van der Waals surface area contributed by atoms with Crippen LogP contribution in [-0.2, 0) is 9.53 Å². The minimum Gasteiger partial charge on any atom is -0.451 e. The third kappa shape index (κ3) is 4.77. The molecule has 1 rings (SSSR count). The van der Waals surface area contributed by atoms with E-state index in [0.29, 0.717) is 5.17 Å². The van der Waals surface area contributed by atoms with Crippen molar-refractivity contribution in [2.45, 2.75) is 32.1 Å². The van der Waals surface area contributed by atoms with Gasteiger partial charge in [0.1, 0.15) is 0 Å². The number of nitrogens with one attached hydrogen (secondary N) is 1. The zero-order chi connectivity index (χ0) is 12.7. The first-order valence-electron chi connectivity index (χ1n) is 5.69. The summed E-state index contributed by atoms with van der Waals surface area (Å²) in [4.78, 5) is 26.5. The second kappa shape index (κ2) is 7.32. The van der Waals surface area contributed by atoms with Gasteiger partial charge in [0.25, 0.3) is 0 Å². The van der Waals surface area contributed by atoms with Crippen LogP contribution in [0.4, 0.5) is 4.79 Å². The monoisotopic (exact) mass is 258 g/mol. The third-order valence-electron chi connectivity index (χ3n) is 2.77. The molecule has 2 amide bonds. The predicted molar refractivity (Wildman–Crippen MR) is 68.1 cm³/mol. The van der Waals surface area contributed by atoms with Gasteiger partial charge >= 0.3 is 6.09 Å². The number of aliphatic imine (C=N–C) groups is 1. The lowest BCUT2D eigenvalue weighted by Crippen LogP contribution is -2.35. The summed E-state index contributed by atoms with van der Waals surface area (Å²) in [6, 6.07) is 0. The van der Waals surface area contributed by atoms with Crippen LogP contribution < -0.4 is 5.32 Å². The predicted octanol–water partition coefficient (Wildman–Crippen LogP) is 2.17. The van der Waals surface area contributed by atoms with Gasteiger partial charge in [-0.3, -0.25) is 4.79 Å². The molecule has 1 N–H and O–H groups in total. The maximum atomic E-state index is 11.9. The molecule has 0 aromatic carbocycles. The van der Waals surface area contributed by atoms with E-state index in [0.717, 1.165) is 25.7 Å². The third-order valence-corrected chi connectivity index (χ3v) is 3.35. The lowest BCUT2D eigenvalue weighted by Gasteiger charge is -2.20. The minimum atomic E-state index is -0.696. The van der Waals surface area contributed by atoms with E-state index in [1.807, 2.05) is 0 Å². The van der Waals surface area contributed by atoms with Crippen molar-refractivity contribution in [1.29, 1.82) is 0 Å². The highest BCUT2D eigenvalue weighted by Gasteiger charge is 2.22. The Morgan fingerprint density at radius 2 is 1.94 bits per heavy atom. The Labute approximate surface area is 105 Å². The summed E-state index contributed by atoms with van der Waals surface area (Å²) >= 11 is 1.22. The molecule has 0 aromatic rings. The molecule has 96 valence electrons. The second-order valence-electron chi connectivity index (χ2n) is 3.92. The van der Waals surface area contributed by atoms with E-state index in [1.165, 1.54) is 25.3 Å². The van der Waals surface area contributed by atoms with Crippen LogP contribution >= 0.6 is 11.8 Å². The van der Waals surface area contributed by atoms with E-state index in [9.17, 15) is 9.59 Å². The number of thioether (sulfide) groups is 1. The topological polar surface area (TPSA) is 67.8 Å². The van der Waals surface area contributed by atoms with Gasteiger partial charge in [-0.05, 0) is 19.1 Å². The fourth-order valence-corrected chi connectivity index (χ4v) is 2.19. The smallest absolute Gasteiger partial charge is 0.435 e. The number of rotatable bonds is 1. The fraction of sp³-hybridized carbons (Fsp3) is 0.727. The summed E-state index contributed by atoms with van der Waals surface area (Å²) in [5.74, 6) is 0.0143. The molecule has 0 atom stereocenters. The number of carbonyl (C=O) groups is 2. The zero-order valence-corrected chi connectivity index (χ0v) is 11.0. The normalized spacial score (nSPS) is 17.6. The Kier molecular flexibility index (Phi) is 6.04. The van der Waals surface area contributed by atoms with Crippen molar-refractivity contribution in [3.63, 3.8) is 0 Å². The average molecular weight is 258 g/mol. The Morgan fingerprint density at radius 3 is 2.47 bits per heavy atom. The standard InChI is InChI=1S/C11H18N2O3S/c1-16-11(15)13-10(17-2)12-9(14)8-6-4-3-5-7-8/h8H,3-7H2,1-2H3,(H,12,13,14,15). The molecule has 5 nitrogen and oxygen atoms in total. The van der Waals surface area contributed by atoms with Gasteiger partial charge in [0.2, 0.25) is 5.91 Å². The molecular weight excluding hydrogens is 240 g/mol. The molecule has 1 saturated carbocycles. The quantitative estimate of drug-likeness (QED) is 0.578. The Balaban J connectivity index is 2.52. The molecule has 0 heterocycles. The molecule has 17 heavy (non-hydrogen) atoms. The maximum absolute atomic E-state index is 11.9. The molecule has 6 heteroatoms. The van der Waals surface area contributed by atoms with Gasteiger partial charge in [0.15, 0.2) is 5.17 Å². The molecule has 0 aromatic heterocycles. The summed E-state index contributed by atoms with van der Waals surface area (Å²) in [6.07, 6.45) is 6.30. The van der Waals surface area contributed by atoms with E-state index >= 15 is 0 Å². The lowest BCUT2D eigenvalue weighted by atomic mass is 9.89. The number of amidine groups is 1. The first-order chi connectivity index (χ1) is 8.17. The van der Waals surface area contributed by atoms with Crippen LogP contribution in [-0.4, -0.2) is 30.5 Å². The van der Waals surface area contributed by atoms with Crippen molar-refractivity contribution in [2.24, 2.45) is 10.9 Å². The van der Waals surface area contributed by atoms with Gasteiger partial charge in [-0.25, -0.2) is 4.79 Å². The largest absolute Gasteiger partial charge is 0.451 e. The Hall–Kier alpha value is -1.04. The molecule has 0 saturated heterocycles. The van der Waals surface area contributed by atoms with E-state index in [-0.39, 0.29) is 11.8 Å². The van der Waals surface area contributed by atoms with E-state index in [4.69, 9.17) is 0 Å². The number of carbonyl (C=O) groups excluding carboxylic acids is 2. The van der Waals surface area contributed by atoms with Crippen LogP contribution in [0.5, 0.6) is 0 Å². The molecule has 0 radical (unpaired) electrons. The van der Waals surface area contributed by atoms with Crippen LogP contribution in [0.3, 0.4) is 0 Å². The van der Waals surface area contributed by atoms with Crippen molar-refractivity contribution in [3.8, 4) is 0 Å². The van der Waals surface area contributed by atoms with Gasteiger partial charge in [0.05, 0.1) is 7.11 Å². The Bertz CT molecular complexity index is 312. The number of nitrogens with zero attached hydrogens (tertiary/aromatic N) is 1. The molecule has 0 bridgehead atoms. The summed E-state index contributed by atoms with van der Waals surface area (Å²) < 4.78 is 4.42. The van der Waals surface area contributed by atoms with Crippen molar-refractivity contribution in [2.75, 3.05) is 13.4 Å². The number of ether oxygens (including phenoxy) is 1. The van der Waals surface area contributed by atoms with Crippen molar-refractivity contribution in [3.05, 3.63) is 0 Å². The highest BCUT2D eigenvalue weighted by Crippen LogP contribution is 2.23.